The lowest BCUT2D eigenvalue weighted by Gasteiger charge is -2.09. The second-order valence-corrected chi connectivity index (χ2v) is 4.86. The monoisotopic (exact) mass is 327 g/mol. The summed E-state index contributed by atoms with van der Waals surface area (Å²) in [6.07, 6.45) is 0.544. The zero-order valence-electron chi connectivity index (χ0n) is 13.0. The molecule has 0 fully saturated rings. The van der Waals surface area contributed by atoms with Gasteiger partial charge in [-0.2, -0.15) is 5.10 Å². The first-order valence-corrected chi connectivity index (χ1v) is 7.19. The minimum atomic E-state index is -1.03. The van der Waals surface area contributed by atoms with Gasteiger partial charge in [-0.05, 0) is 48.9 Å². The van der Waals surface area contributed by atoms with Gasteiger partial charge in [0.2, 0.25) is 0 Å². The lowest BCUT2D eigenvalue weighted by molar-refractivity contribution is -0.144. The molecule has 2 amide bonds. The summed E-state index contributed by atoms with van der Waals surface area (Å²) in [5.41, 5.74) is 3.74. The summed E-state index contributed by atoms with van der Waals surface area (Å²) in [4.78, 5) is 22.3. The number of carboxylic acid groups (broad SMARTS) is 1. The number of rotatable bonds is 6. The van der Waals surface area contributed by atoms with E-state index in [4.69, 9.17) is 9.84 Å². The van der Waals surface area contributed by atoms with Crippen molar-refractivity contribution in [2.45, 2.75) is 13.0 Å². The summed E-state index contributed by atoms with van der Waals surface area (Å²) in [6.45, 7) is 1.45. The quantitative estimate of drug-likeness (QED) is 0.561. The number of carboxylic acids is 1. The number of carbonyl (C=O) groups is 2. The molecule has 0 aliphatic carbocycles. The number of hydrazone groups is 1. The van der Waals surface area contributed by atoms with Gasteiger partial charge in [0.1, 0.15) is 5.75 Å². The average Bonchev–Trinajstić information content (AvgIpc) is 2.57. The molecule has 7 nitrogen and oxygen atoms in total. The molecule has 124 valence electrons. The number of aliphatic carboxylic acids is 1. The third-order valence-electron chi connectivity index (χ3n) is 2.95. The number of hydrogen-bond acceptors (Lipinski definition) is 4. The number of nitrogens with one attached hydrogen (secondary N) is 2. The molecule has 2 aromatic rings. The fourth-order valence-corrected chi connectivity index (χ4v) is 1.73. The van der Waals surface area contributed by atoms with Gasteiger partial charge in [-0.25, -0.2) is 15.0 Å². The van der Waals surface area contributed by atoms with Crippen molar-refractivity contribution in [1.82, 2.24) is 5.43 Å². The third-order valence-corrected chi connectivity index (χ3v) is 2.95. The Balaban J connectivity index is 1.83. The van der Waals surface area contributed by atoms with Gasteiger partial charge in [0.05, 0.1) is 6.21 Å². The number of nitrogens with zero attached hydrogens (tertiary/aromatic N) is 1. The minimum Gasteiger partial charge on any atom is -0.479 e. The first-order chi connectivity index (χ1) is 11.5. The molecule has 7 heteroatoms. The summed E-state index contributed by atoms with van der Waals surface area (Å²) >= 11 is 0. The maximum absolute atomic E-state index is 11.6. The Labute approximate surface area is 139 Å². The number of amides is 2. The second-order valence-electron chi connectivity index (χ2n) is 4.86. The average molecular weight is 327 g/mol. The Hall–Kier alpha value is -3.35. The topological polar surface area (TPSA) is 100 Å². The lowest BCUT2D eigenvalue weighted by Crippen LogP contribution is -2.24. The molecule has 0 bridgehead atoms. The SMILES string of the molecule is CC(Oc1ccc(/C=N/NC(=O)Nc2ccccc2)cc1)C(=O)O. The van der Waals surface area contributed by atoms with Crippen molar-refractivity contribution in [3.05, 3.63) is 60.2 Å². The van der Waals surface area contributed by atoms with E-state index >= 15 is 0 Å². The van der Waals surface area contributed by atoms with E-state index in [1.807, 2.05) is 18.2 Å². The van der Waals surface area contributed by atoms with Crippen LogP contribution in [0.25, 0.3) is 0 Å². The van der Waals surface area contributed by atoms with Crippen LogP contribution in [-0.2, 0) is 4.79 Å². The highest BCUT2D eigenvalue weighted by Crippen LogP contribution is 2.13. The molecule has 0 spiro atoms. The summed E-state index contributed by atoms with van der Waals surface area (Å²) in [6, 6.07) is 15.2. The van der Waals surface area contributed by atoms with Crippen LogP contribution >= 0.6 is 0 Å². The van der Waals surface area contributed by atoms with E-state index in [0.717, 1.165) is 5.56 Å². The van der Waals surface area contributed by atoms with E-state index in [0.29, 0.717) is 11.4 Å². The molecule has 2 aromatic carbocycles. The van der Waals surface area contributed by atoms with Crippen molar-refractivity contribution in [2.75, 3.05) is 5.32 Å². The smallest absolute Gasteiger partial charge is 0.344 e. The number of carbonyl (C=O) groups excluding carboxylic acids is 1. The van der Waals surface area contributed by atoms with Crippen LogP contribution < -0.4 is 15.5 Å². The summed E-state index contributed by atoms with van der Waals surface area (Å²) in [5.74, 6) is -0.592. The number of benzene rings is 2. The van der Waals surface area contributed by atoms with Crippen LogP contribution in [-0.4, -0.2) is 29.4 Å². The number of urea groups is 1. The van der Waals surface area contributed by atoms with E-state index < -0.39 is 18.1 Å². The van der Waals surface area contributed by atoms with E-state index in [1.165, 1.54) is 13.1 Å². The number of hydrogen-bond donors (Lipinski definition) is 3. The van der Waals surface area contributed by atoms with Crippen LogP contribution in [0.4, 0.5) is 10.5 Å². The molecule has 3 N–H and O–H groups in total. The molecule has 0 aromatic heterocycles. The third kappa shape index (κ3) is 5.45. The van der Waals surface area contributed by atoms with Crippen LogP contribution in [0.2, 0.25) is 0 Å². The van der Waals surface area contributed by atoms with Crippen molar-refractivity contribution in [2.24, 2.45) is 5.10 Å². The zero-order chi connectivity index (χ0) is 17.4. The molecule has 0 radical (unpaired) electrons. The molecule has 0 aliphatic heterocycles. The zero-order valence-corrected chi connectivity index (χ0v) is 13.0. The highest BCUT2D eigenvalue weighted by molar-refractivity contribution is 5.90. The highest BCUT2D eigenvalue weighted by Gasteiger charge is 2.11. The van der Waals surface area contributed by atoms with E-state index in [2.05, 4.69) is 15.8 Å². The van der Waals surface area contributed by atoms with E-state index in [-0.39, 0.29) is 0 Å². The molecule has 24 heavy (non-hydrogen) atoms. The summed E-state index contributed by atoms with van der Waals surface area (Å²) in [5, 5.41) is 15.2. The fraction of sp³-hybridized carbons (Fsp3) is 0.118. The maximum atomic E-state index is 11.6. The Kier molecular flexibility index (Phi) is 5.90. The van der Waals surface area contributed by atoms with Gasteiger partial charge in [-0.3, -0.25) is 0 Å². The van der Waals surface area contributed by atoms with Gasteiger partial charge in [-0.1, -0.05) is 18.2 Å². The molecular formula is C17H17N3O4. The van der Waals surface area contributed by atoms with Gasteiger partial charge in [0.15, 0.2) is 6.10 Å². The Morgan fingerprint density at radius 1 is 1.12 bits per heavy atom. The van der Waals surface area contributed by atoms with Crippen LogP contribution in [0.15, 0.2) is 59.7 Å². The van der Waals surface area contributed by atoms with Crippen molar-refractivity contribution in [1.29, 1.82) is 0 Å². The molecule has 1 atom stereocenters. The fourth-order valence-electron chi connectivity index (χ4n) is 1.73. The molecule has 0 heterocycles. The standard InChI is InChI=1S/C17H17N3O4/c1-12(16(21)22)24-15-9-7-13(8-10-15)11-18-20-17(23)19-14-5-3-2-4-6-14/h2-12H,1H3,(H,21,22)(H2,19,20,23)/b18-11+. The normalized spacial score (nSPS) is 11.7. The van der Waals surface area contributed by atoms with Gasteiger partial charge in [0, 0.05) is 5.69 Å². The van der Waals surface area contributed by atoms with E-state index in [1.54, 1.807) is 36.4 Å². The minimum absolute atomic E-state index is 0.442. The largest absolute Gasteiger partial charge is 0.479 e. The molecular weight excluding hydrogens is 310 g/mol. The first-order valence-electron chi connectivity index (χ1n) is 7.19. The predicted octanol–water partition coefficient (Wildman–Crippen LogP) is 2.69. The van der Waals surface area contributed by atoms with Crippen LogP contribution in [0.5, 0.6) is 5.75 Å². The Morgan fingerprint density at radius 2 is 1.79 bits per heavy atom. The van der Waals surface area contributed by atoms with Crippen LogP contribution in [0.3, 0.4) is 0 Å². The number of anilines is 1. The van der Waals surface area contributed by atoms with Crippen molar-refractivity contribution >= 4 is 23.9 Å². The van der Waals surface area contributed by atoms with Crippen LogP contribution in [0.1, 0.15) is 12.5 Å². The predicted molar refractivity (Wildman–Crippen MR) is 90.4 cm³/mol. The van der Waals surface area contributed by atoms with Gasteiger partial charge < -0.3 is 15.2 Å². The Morgan fingerprint density at radius 3 is 2.42 bits per heavy atom. The van der Waals surface area contributed by atoms with E-state index in [9.17, 15) is 9.59 Å². The van der Waals surface area contributed by atoms with Crippen molar-refractivity contribution < 1.29 is 19.4 Å². The number of ether oxygens (including phenoxy) is 1. The molecule has 2 rings (SSSR count). The van der Waals surface area contributed by atoms with Crippen molar-refractivity contribution in [3.63, 3.8) is 0 Å². The molecule has 1 unspecified atom stereocenters. The first kappa shape index (κ1) is 17.0. The van der Waals surface area contributed by atoms with Crippen molar-refractivity contribution in [3.8, 4) is 5.75 Å². The van der Waals surface area contributed by atoms with Crippen LogP contribution in [0, 0.1) is 0 Å². The highest BCUT2D eigenvalue weighted by atomic mass is 16.5. The lowest BCUT2D eigenvalue weighted by atomic mass is 10.2. The van der Waals surface area contributed by atoms with Gasteiger partial charge in [-0.15, -0.1) is 0 Å². The second kappa shape index (κ2) is 8.33. The van der Waals surface area contributed by atoms with Gasteiger partial charge in [0.25, 0.3) is 0 Å². The summed E-state index contributed by atoms with van der Waals surface area (Å²) < 4.78 is 5.22. The Bertz CT molecular complexity index is 714. The number of para-hydroxylation sites is 1. The molecule has 0 saturated carbocycles. The maximum Gasteiger partial charge on any atom is 0.344 e. The molecule has 0 aliphatic rings. The molecule has 0 saturated heterocycles. The van der Waals surface area contributed by atoms with Gasteiger partial charge >= 0.3 is 12.0 Å². The summed E-state index contributed by atoms with van der Waals surface area (Å²) in [7, 11) is 0.